The van der Waals surface area contributed by atoms with E-state index in [1.54, 1.807) is 11.6 Å². The van der Waals surface area contributed by atoms with Crippen molar-refractivity contribution in [2.45, 2.75) is 25.7 Å². The molecule has 3 heterocycles. The molecule has 146 valence electrons. The van der Waals surface area contributed by atoms with Crippen molar-refractivity contribution < 1.29 is 22.7 Å². The molecule has 1 amide bonds. The maximum absolute atomic E-state index is 12.8. The van der Waals surface area contributed by atoms with Gasteiger partial charge in [-0.05, 0) is 31.2 Å². The van der Waals surface area contributed by atoms with E-state index in [-0.39, 0.29) is 19.1 Å². The number of carbonyl (C=O) groups is 1. The number of alkyl halides is 3. The van der Waals surface area contributed by atoms with Gasteiger partial charge in [0.2, 0.25) is 0 Å². The third-order valence-corrected chi connectivity index (χ3v) is 5.17. The maximum atomic E-state index is 12.8. The second-order valence-corrected chi connectivity index (χ2v) is 7.36. The molecule has 0 radical (unpaired) electrons. The van der Waals surface area contributed by atoms with Gasteiger partial charge < -0.3 is 10.1 Å². The molecule has 1 atom stereocenters. The van der Waals surface area contributed by atoms with E-state index in [9.17, 15) is 18.0 Å². The zero-order chi connectivity index (χ0) is 19.9. The highest BCUT2D eigenvalue weighted by Gasteiger charge is 2.31. The highest BCUT2D eigenvalue weighted by molar-refractivity contribution is 7.09. The van der Waals surface area contributed by atoms with Crippen LogP contribution < -0.4 is 5.32 Å². The van der Waals surface area contributed by atoms with Gasteiger partial charge >= 0.3 is 6.18 Å². The third kappa shape index (κ3) is 3.52. The van der Waals surface area contributed by atoms with E-state index in [1.807, 2.05) is 6.92 Å². The molecule has 1 aromatic carbocycles. The Morgan fingerprint density at radius 3 is 2.71 bits per heavy atom. The van der Waals surface area contributed by atoms with Gasteiger partial charge in [0.1, 0.15) is 5.69 Å². The summed E-state index contributed by atoms with van der Waals surface area (Å²) in [7, 11) is 0. The van der Waals surface area contributed by atoms with Crippen molar-refractivity contribution in [1.29, 1.82) is 0 Å². The molecule has 0 spiro atoms. The molecule has 0 saturated carbocycles. The summed E-state index contributed by atoms with van der Waals surface area (Å²) in [5.74, 6) is -0.312. The molecule has 3 aromatic rings. The zero-order valence-electron chi connectivity index (χ0n) is 14.7. The van der Waals surface area contributed by atoms with Crippen LogP contribution in [-0.2, 0) is 17.5 Å². The Hall–Kier alpha value is -2.72. The summed E-state index contributed by atoms with van der Waals surface area (Å²) in [6.45, 7) is 2.34. The molecule has 1 aliphatic heterocycles. The number of nitrogens with one attached hydrogen (secondary N) is 1. The van der Waals surface area contributed by atoms with Gasteiger partial charge in [-0.25, -0.2) is 9.67 Å². The van der Waals surface area contributed by atoms with Crippen LogP contribution in [0.3, 0.4) is 0 Å². The van der Waals surface area contributed by atoms with Gasteiger partial charge in [-0.1, -0.05) is 0 Å². The Balaban J connectivity index is 1.58. The highest BCUT2D eigenvalue weighted by Crippen LogP contribution is 2.31. The Morgan fingerprint density at radius 2 is 2.07 bits per heavy atom. The van der Waals surface area contributed by atoms with E-state index in [4.69, 9.17) is 4.74 Å². The lowest BCUT2D eigenvalue weighted by Crippen LogP contribution is -2.34. The van der Waals surface area contributed by atoms with Gasteiger partial charge in [-0.3, -0.25) is 4.79 Å². The smallest absolute Gasteiger partial charge is 0.373 e. The summed E-state index contributed by atoms with van der Waals surface area (Å²) >= 11 is 1.38. The van der Waals surface area contributed by atoms with E-state index in [1.165, 1.54) is 28.2 Å². The number of aromatic nitrogens is 3. The SMILES string of the molecule is Cc1nc(C(=O)N[C@H]2COCc3c2cnn3-c2ccc(C(F)(F)F)cc2)cs1. The van der Waals surface area contributed by atoms with Crippen molar-refractivity contribution in [3.63, 3.8) is 0 Å². The van der Waals surface area contributed by atoms with Gasteiger partial charge in [0.25, 0.3) is 5.91 Å². The van der Waals surface area contributed by atoms with Crippen LogP contribution >= 0.6 is 11.3 Å². The molecule has 0 aliphatic carbocycles. The first-order valence-electron chi connectivity index (χ1n) is 8.38. The number of ether oxygens (including phenoxy) is 1. The van der Waals surface area contributed by atoms with Crippen LogP contribution in [0.15, 0.2) is 35.8 Å². The minimum absolute atomic E-state index is 0.249. The summed E-state index contributed by atoms with van der Waals surface area (Å²) in [6.07, 6.45) is -2.79. The molecule has 0 bridgehead atoms. The van der Waals surface area contributed by atoms with E-state index >= 15 is 0 Å². The maximum Gasteiger partial charge on any atom is 0.416 e. The lowest BCUT2D eigenvalue weighted by Gasteiger charge is -2.24. The Labute approximate surface area is 162 Å². The molecule has 0 saturated heterocycles. The number of fused-ring (bicyclic) bond motifs is 1. The number of hydrogen-bond acceptors (Lipinski definition) is 5. The van der Waals surface area contributed by atoms with E-state index in [0.717, 1.165) is 22.7 Å². The minimum atomic E-state index is -4.39. The molecular weight excluding hydrogens is 393 g/mol. The van der Waals surface area contributed by atoms with E-state index in [2.05, 4.69) is 15.4 Å². The first kappa shape index (κ1) is 18.6. The predicted octanol–water partition coefficient (Wildman–Crippen LogP) is 3.66. The lowest BCUT2D eigenvalue weighted by atomic mass is 10.1. The molecule has 0 fully saturated rings. The van der Waals surface area contributed by atoms with Crippen molar-refractivity contribution in [2.75, 3.05) is 6.61 Å². The van der Waals surface area contributed by atoms with E-state index < -0.39 is 17.8 Å². The average molecular weight is 408 g/mol. The topological polar surface area (TPSA) is 69.0 Å². The first-order chi connectivity index (χ1) is 13.3. The zero-order valence-corrected chi connectivity index (χ0v) is 15.5. The third-order valence-electron chi connectivity index (χ3n) is 4.40. The van der Waals surface area contributed by atoms with E-state index in [0.29, 0.717) is 17.1 Å². The predicted molar refractivity (Wildman–Crippen MR) is 95.3 cm³/mol. The molecule has 6 nitrogen and oxygen atoms in total. The van der Waals surface area contributed by atoms with Crippen molar-refractivity contribution in [3.8, 4) is 5.69 Å². The molecule has 4 rings (SSSR count). The second kappa shape index (κ2) is 7.02. The molecule has 28 heavy (non-hydrogen) atoms. The van der Waals surface area contributed by atoms with Crippen LogP contribution in [-0.4, -0.2) is 27.3 Å². The number of thiazole rings is 1. The molecule has 1 aliphatic rings. The first-order valence-corrected chi connectivity index (χ1v) is 9.26. The van der Waals surface area contributed by atoms with Crippen LogP contribution in [0.5, 0.6) is 0 Å². The largest absolute Gasteiger partial charge is 0.416 e. The number of carbonyl (C=O) groups excluding carboxylic acids is 1. The monoisotopic (exact) mass is 408 g/mol. The fourth-order valence-electron chi connectivity index (χ4n) is 3.02. The standard InChI is InChI=1S/C18H15F3N4O2S/c1-10-23-15(9-28-10)17(26)24-14-7-27-8-16-13(14)6-22-25(16)12-4-2-11(3-5-12)18(19,20)21/h2-6,9,14H,7-8H2,1H3,(H,24,26)/t14-/m0/s1. The summed E-state index contributed by atoms with van der Waals surface area (Å²) in [6, 6.07) is 4.32. The van der Waals surface area contributed by atoms with Crippen LogP contribution in [0, 0.1) is 6.92 Å². The molecule has 2 aromatic heterocycles. The number of amides is 1. The Bertz CT molecular complexity index is 1010. The fraction of sp³-hybridized carbons (Fsp3) is 0.278. The molecular formula is C18H15F3N4O2S. The summed E-state index contributed by atoms with van der Waals surface area (Å²) in [5.41, 5.74) is 1.55. The average Bonchev–Trinajstić information content (AvgIpc) is 3.28. The number of hydrogen-bond donors (Lipinski definition) is 1. The minimum Gasteiger partial charge on any atom is -0.373 e. The van der Waals surface area contributed by atoms with Gasteiger partial charge in [-0.2, -0.15) is 18.3 Å². The van der Waals surface area contributed by atoms with Crippen LogP contribution in [0.1, 0.15) is 38.4 Å². The van der Waals surface area contributed by atoms with Crippen molar-refractivity contribution in [1.82, 2.24) is 20.1 Å². The Morgan fingerprint density at radius 1 is 1.32 bits per heavy atom. The molecule has 0 unspecified atom stereocenters. The summed E-state index contributed by atoms with van der Waals surface area (Å²) in [5, 5.41) is 9.64. The van der Waals surface area contributed by atoms with Crippen molar-refractivity contribution in [2.24, 2.45) is 0 Å². The second-order valence-electron chi connectivity index (χ2n) is 6.30. The molecule has 10 heteroatoms. The normalized spacial score (nSPS) is 16.6. The highest BCUT2D eigenvalue weighted by atomic mass is 32.1. The number of halogens is 3. The van der Waals surface area contributed by atoms with Crippen LogP contribution in [0.2, 0.25) is 0 Å². The van der Waals surface area contributed by atoms with Crippen LogP contribution in [0.25, 0.3) is 5.69 Å². The van der Waals surface area contributed by atoms with Gasteiger partial charge in [0.05, 0.1) is 47.4 Å². The van der Waals surface area contributed by atoms with Gasteiger partial charge in [0, 0.05) is 10.9 Å². The number of rotatable bonds is 3. The van der Waals surface area contributed by atoms with Crippen molar-refractivity contribution >= 4 is 17.2 Å². The van der Waals surface area contributed by atoms with Crippen LogP contribution in [0.4, 0.5) is 13.2 Å². The number of aryl methyl sites for hydroxylation is 1. The van der Waals surface area contributed by atoms with Gasteiger partial charge in [-0.15, -0.1) is 11.3 Å². The van der Waals surface area contributed by atoms with Gasteiger partial charge in [0.15, 0.2) is 0 Å². The number of nitrogens with zero attached hydrogens (tertiary/aromatic N) is 3. The van der Waals surface area contributed by atoms with Crippen molar-refractivity contribution in [3.05, 3.63) is 63.4 Å². The lowest BCUT2D eigenvalue weighted by molar-refractivity contribution is -0.137. The number of benzene rings is 1. The Kier molecular flexibility index (Phi) is 4.68. The summed E-state index contributed by atoms with van der Waals surface area (Å²) in [4.78, 5) is 16.6. The molecule has 1 N–H and O–H groups in total. The quantitative estimate of drug-likeness (QED) is 0.718. The summed E-state index contributed by atoms with van der Waals surface area (Å²) < 4.78 is 45.4. The fourth-order valence-corrected chi connectivity index (χ4v) is 3.61.